The summed E-state index contributed by atoms with van der Waals surface area (Å²) in [6.45, 7) is 2.23. The predicted molar refractivity (Wildman–Crippen MR) is 89.9 cm³/mol. The Balaban J connectivity index is 3.32. The van der Waals surface area contributed by atoms with Crippen LogP contribution in [0, 0.1) is 0 Å². The summed E-state index contributed by atoms with van der Waals surface area (Å²) in [4.78, 5) is 10.5. The zero-order valence-electron chi connectivity index (χ0n) is 14.0. The van der Waals surface area contributed by atoms with Crippen molar-refractivity contribution in [1.29, 1.82) is 0 Å². The van der Waals surface area contributed by atoms with E-state index in [9.17, 15) is 9.90 Å². The van der Waals surface area contributed by atoms with E-state index >= 15 is 0 Å². The Bertz CT molecular complexity index is 289. The van der Waals surface area contributed by atoms with Gasteiger partial charge in [-0.05, 0) is 32.1 Å². The Labute approximate surface area is 135 Å². The van der Waals surface area contributed by atoms with E-state index in [1.165, 1.54) is 38.5 Å². The van der Waals surface area contributed by atoms with Crippen LogP contribution >= 0.6 is 0 Å². The Morgan fingerprint density at radius 1 is 0.864 bits per heavy atom. The second-order valence-electron chi connectivity index (χ2n) is 6.02. The van der Waals surface area contributed by atoms with Gasteiger partial charge in [-0.3, -0.25) is 0 Å². The standard InChI is InChI=1S/C18H34O4/c1-2-3-4-5-6-7-8-9-10-11-12-13-14-15-16(19)17(20)18(21)22/h9-10,16-17,19-20H,2-8,11-15H2,1H3,(H,21,22)/b10-9-. The molecule has 0 bridgehead atoms. The van der Waals surface area contributed by atoms with Gasteiger partial charge in [-0.25, -0.2) is 4.79 Å². The van der Waals surface area contributed by atoms with Crippen LogP contribution in [0.4, 0.5) is 0 Å². The molecule has 22 heavy (non-hydrogen) atoms. The van der Waals surface area contributed by atoms with E-state index in [0.717, 1.165) is 32.1 Å². The highest BCUT2D eigenvalue weighted by Crippen LogP contribution is 2.10. The highest BCUT2D eigenvalue weighted by atomic mass is 16.4. The van der Waals surface area contributed by atoms with Gasteiger partial charge in [0, 0.05) is 0 Å². The van der Waals surface area contributed by atoms with E-state index in [2.05, 4.69) is 19.1 Å². The van der Waals surface area contributed by atoms with Crippen molar-refractivity contribution < 1.29 is 20.1 Å². The number of allylic oxidation sites excluding steroid dienone is 2. The van der Waals surface area contributed by atoms with E-state index in [-0.39, 0.29) is 0 Å². The number of unbranched alkanes of at least 4 members (excludes halogenated alkanes) is 9. The Kier molecular flexibility index (Phi) is 14.4. The molecule has 0 rings (SSSR count). The summed E-state index contributed by atoms with van der Waals surface area (Å²) in [5.41, 5.74) is 0. The monoisotopic (exact) mass is 314 g/mol. The van der Waals surface area contributed by atoms with E-state index in [4.69, 9.17) is 10.2 Å². The van der Waals surface area contributed by atoms with Gasteiger partial charge in [0.25, 0.3) is 0 Å². The lowest BCUT2D eigenvalue weighted by Gasteiger charge is -2.13. The van der Waals surface area contributed by atoms with Crippen LogP contribution in [0.2, 0.25) is 0 Å². The summed E-state index contributed by atoms with van der Waals surface area (Å²) in [6.07, 6.45) is 14.9. The zero-order chi connectivity index (χ0) is 16.6. The lowest BCUT2D eigenvalue weighted by Crippen LogP contribution is -2.33. The smallest absolute Gasteiger partial charge is 0.335 e. The maximum atomic E-state index is 10.5. The van der Waals surface area contributed by atoms with Crippen LogP contribution in [-0.4, -0.2) is 33.5 Å². The maximum absolute atomic E-state index is 10.5. The molecule has 2 unspecified atom stereocenters. The first-order valence-corrected chi connectivity index (χ1v) is 8.83. The molecule has 4 heteroatoms. The highest BCUT2D eigenvalue weighted by molar-refractivity contribution is 5.72. The molecular weight excluding hydrogens is 280 g/mol. The number of hydrogen-bond donors (Lipinski definition) is 3. The van der Waals surface area contributed by atoms with E-state index < -0.39 is 18.2 Å². The molecule has 0 radical (unpaired) electrons. The highest BCUT2D eigenvalue weighted by Gasteiger charge is 2.22. The van der Waals surface area contributed by atoms with Crippen molar-refractivity contribution in [2.45, 2.75) is 96.2 Å². The first-order chi connectivity index (χ1) is 10.6. The molecule has 0 aromatic carbocycles. The molecule has 0 spiro atoms. The van der Waals surface area contributed by atoms with Gasteiger partial charge in [0.2, 0.25) is 0 Å². The fourth-order valence-electron chi connectivity index (χ4n) is 2.39. The first kappa shape index (κ1) is 21.1. The van der Waals surface area contributed by atoms with Crippen molar-refractivity contribution in [3.05, 3.63) is 12.2 Å². The molecule has 0 fully saturated rings. The topological polar surface area (TPSA) is 77.8 Å². The number of aliphatic hydroxyl groups is 2. The summed E-state index contributed by atoms with van der Waals surface area (Å²) < 4.78 is 0. The van der Waals surface area contributed by atoms with Crippen LogP contribution in [0.3, 0.4) is 0 Å². The fourth-order valence-corrected chi connectivity index (χ4v) is 2.39. The number of aliphatic hydroxyl groups excluding tert-OH is 2. The maximum Gasteiger partial charge on any atom is 0.335 e. The molecule has 0 aromatic rings. The molecule has 0 heterocycles. The predicted octanol–water partition coefficient (Wildman–Crippen LogP) is 4.05. The number of hydrogen-bond acceptors (Lipinski definition) is 3. The molecule has 0 saturated heterocycles. The van der Waals surface area contributed by atoms with Crippen LogP contribution < -0.4 is 0 Å². The largest absolute Gasteiger partial charge is 0.479 e. The van der Waals surface area contributed by atoms with Crippen LogP contribution in [0.15, 0.2) is 12.2 Å². The lowest BCUT2D eigenvalue weighted by molar-refractivity contribution is -0.153. The van der Waals surface area contributed by atoms with Gasteiger partial charge in [0.05, 0.1) is 6.10 Å². The summed E-state index contributed by atoms with van der Waals surface area (Å²) in [5, 5.41) is 27.1. The van der Waals surface area contributed by atoms with Gasteiger partial charge < -0.3 is 15.3 Å². The normalized spacial score (nSPS) is 14.3. The lowest BCUT2D eigenvalue weighted by atomic mass is 10.0. The Morgan fingerprint density at radius 3 is 1.91 bits per heavy atom. The van der Waals surface area contributed by atoms with E-state index in [1.54, 1.807) is 0 Å². The summed E-state index contributed by atoms with van der Waals surface area (Å²) in [6, 6.07) is 0. The van der Waals surface area contributed by atoms with Crippen LogP contribution in [0.25, 0.3) is 0 Å². The second-order valence-corrected chi connectivity index (χ2v) is 6.02. The zero-order valence-corrected chi connectivity index (χ0v) is 14.0. The van der Waals surface area contributed by atoms with Gasteiger partial charge in [-0.15, -0.1) is 0 Å². The number of aliphatic carboxylic acids is 1. The van der Waals surface area contributed by atoms with Crippen LogP contribution in [0.5, 0.6) is 0 Å². The minimum absolute atomic E-state index is 0.342. The number of rotatable bonds is 15. The van der Waals surface area contributed by atoms with Gasteiger partial charge in [0.15, 0.2) is 6.10 Å². The van der Waals surface area contributed by atoms with Crippen molar-refractivity contribution in [2.24, 2.45) is 0 Å². The van der Waals surface area contributed by atoms with Crippen molar-refractivity contribution >= 4 is 5.97 Å². The van der Waals surface area contributed by atoms with E-state index in [0.29, 0.717) is 6.42 Å². The van der Waals surface area contributed by atoms with Gasteiger partial charge in [-0.1, -0.05) is 64.0 Å². The van der Waals surface area contributed by atoms with Crippen molar-refractivity contribution in [2.75, 3.05) is 0 Å². The third kappa shape index (κ3) is 12.8. The summed E-state index contributed by atoms with van der Waals surface area (Å²) in [7, 11) is 0. The summed E-state index contributed by atoms with van der Waals surface area (Å²) >= 11 is 0. The molecule has 130 valence electrons. The van der Waals surface area contributed by atoms with Gasteiger partial charge >= 0.3 is 5.97 Å². The number of carboxylic acids is 1. The van der Waals surface area contributed by atoms with E-state index in [1.807, 2.05) is 0 Å². The van der Waals surface area contributed by atoms with Crippen LogP contribution in [0.1, 0.15) is 84.0 Å². The van der Waals surface area contributed by atoms with Crippen molar-refractivity contribution in [1.82, 2.24) is 0 Å². The second kappa shape index (κ2) is 15.0. The third-order valence-electron chi connectivity index (χ3n) is 3.88. The Hall–Kier alpha value is -0.870. The molecule has 2 atom stereocenters. The number of carbonyl (C=O) groups is 1. The molecule has 0 aliphatic rings. The third-order valence-corrected chi connectivity index (χ3v) is 3.88. The minimum Gasteiger partial charge on any atom is -0.479 e. The van der Waals surface area contributed by atoms with Crippen molar-refractivity contribution in [3.63, 3.8) is 0 Å². The number of carboxylic acid groups (broad SMARTS) is 1. The average molecular weight is 314 g/mol. The molecule has 0 aliphatic heterocycles. The van der Waals surface area contributed by atoms with Gasteiger partial charge in [-0.2, -0.15) is 0 Å². The van der Waals surface area contributed by atoms with Crippen molar-refractivity contribution in [3.8, 4) is 0 Å². The van der Waals surface area contributed by atoms with Gasteiger partial charge in [0.1, 0.15) is 0 Å². The van der Waals surface area contributed by atoms with Crippen LogP contribution in [-0.2, 0) is 4.79 Å². The fraction of sp³-hybridized carbons (Fsp3) is 0.833. The average Bonchev–Trinajstić information content (AvgIpc) is 2.50. The Morgan fingerprint density at radius 2 is 1.36 bits per heavy atom. The molecule has 3 N–H and O–H groups in total. The molecule has 4 nitrogen and oxygen atoms in total. The summed E-state index contributed by atoms with van der Waals surface area (Å²) in [5.74, 6) is -1.36. The minimum atomic E-state index is -1.66. The quantitative estimate of drug-likeness (QED) is 0.315. The molecule has 0 aromatic heterocycles. The first-order valence-electron chi connectivity index (χ1n) is 8.83. The molecule has 0 amide bonds. The SMILES string of the molecule is CCCCCCCC/C=C\CCCCCC(O)C(O)C(=O)O. The molecular formula is C18H34O4. The molecule has 0 aliphatic carbocycles. The molecule has 0 saturated carbocycles.